The van der Waals surface area contributed by atoms with E-state index in [1.54, 1.807) is 30.0 Å². The summed E-state index contributed by atoms with van der Waals surface area (Å²) in [6.07, 6.45) is 1.94. The van der Waals surface area contributed by atoms with Crippen molar-refractivity contribution in [2.75, 3.05) is 20.2 Å². The van der Waals surface area contributed by atoms with Crippen molar-refractivity contribution in [1.82, 2.24) is 10.2 Å². The Morgan fingerprint density at radius 2 is 2.00 bits per heavy atom. The first-order chi connectivity index (χ1) is 12.0. The van der Waals surface area contributed by atoms with Crippen LogP contribution in [0.15, 0.2) is 36.9 Å². The fourth-order valence-electron chi connectivity index (χ4n) is 3.22. The highest BCUT2D eigenvalue weighted by Crippen LogP contribution is 2.24. The van der Waals surface area contributed by atoms with Crippen molar-refractivity contribution in [1.29, 1.82) is 0 Å². The Hall–Kier alpha value is -2.21. The van der Waals surface area contributed by atoms with Gasteiger partial charge in [0, 0.05) is 31.7 Å². The molecule has 1 aromatic carbocycles. The van der Waals surface area contributed by atoms with Crippen molar-refractivity contribution in [2.24, 2.45) is 5.92 Å². The van der Waals surface area contributed by atoms with Gasteiger partial charge in [-0.3, -0.25) is 9.59 Å². The lowest BCUT2D eigenvalue weighted by Crippen LogP contribution is -2.46. The largest absolute Gasteiger partial charge is 0.375 e. The number of hydrogen-bond donors (Lipinski definition) is 1. The van der Waals surface area contributed by atoms with Crippen LogP contribution in [0.2, 0.25) is 0 Å². The summed E-state index contributed by atoms with van der Waals surface area (Å²) >= 11 is 0. The van der Waals surface area contributed by atoms with Gasteiger partial charge in [0.15, 0.2) is 0 Å². The summed E-state index contributed by atoms with van der Waals surface area (Å²) < 4.78 is 19.4. The van der Waals surface area contributed by atoms with E-state index in [2.05, 4.69) is 11.9 Å². The molecule has 136 valence electrons. The van der Waals surface area contributed by atoms with Gasteiger partial charge in [0.25, 0.3) is 0 Å². The number of carbonyl (C=O) groups excluding carboxylic acids is 2. The molecule has 0 saturated carbocycles. The molecule has 2 atom stereocenters. The van der Waals surface area contributed by atoms with Crippen LogP contribution in [-0.4, -0.2) is 43.0 Å². The summed E-state index contributed by atoms with van der Waals surface area (Å²) in [7, 11) is 1.50. The number of benzene rings is 1. The van der Waals surface area contributed by atoms with Crippen LogP contribution in [0.4, 0.5) is 4.39 Å². The average Bonchev–Trinajstić information content (AvgIpc) is 2.63. The second-order valence-corrected chi connectivity index (χ2v) is 6.28. The van der Waals surface area contributed by atoms with Gasteiger partial charge in [-0.25, -0.2) is 4.39 Å². The molecule has 25 heavy (non-hydrogen) atoms. The maximum Gasteiger partial charge on any atom is 0.245 e. The average molecular weight is 348 g/mol. The molecule has 0 aromatic heterocycles. The summed E-state index contributed by atoms with van der Waals surface area (Å²) in [5.41, 5.74) is 0.421. The zero-order valence-corrected chi connectivity index (χ0v) is 14.7. The molecule has 1 heterocycles. The molecule has 1 aromatic rings. The molecule has 1 N–H and O–H groups in total. The molecule has 6 heteroatoms. The zero-order chi connectivity index (χ0) is 18.4. The smallest absolute Gasteiger partial charge is 0.245 e. The van der Waals surface area contributed by atoms with E-state index in [0.29, 0.717) is 31.5 Å². The van der Waals surface area contributed by atoms with Gasteiger partial charge in [-0.05, 0) is 31.9 Å². The highest BCUT2D eigenvalue weighted by molar-refractivity contribution is 5.87. The van der Waals surface area contributed by atoms with E-state index in [0.717, 1.165) is 0 Å². The number of nitrogens with one attached hydrogen (secondary N) is 1. The number of hydrogen-bond acceptors (Lipinski definition) is 3. The zero-order valence-electron chi connectivity index (χ0n) is 14.7. The molecule has 1 aliphatic rings. The topological polar surface area (TPSA) is 58.6 Å². The quantitative estimate of drug-likeness (QED) is 0.804. The summed E-state index contributed by atoms with van der Waals surface area (Å²) in [4.78, 5) is 25.8. The fourth-order valence-corrected chi connectivity index (χ4v) is 3.22. The van der Waals surface area contributed by atoms with Crippen LogP contribution in [0.5, 0.6) is 0 Å². The van der Waals surface area contributed by atoms with Crippen molar-refractivity contribution >= 4 is 11.8 Å². The Labute approximate surface area is 147 Å². The van der Waals surface area contributed by atoms with Crippen molar-refractivity contribution in [3.05, 3.63) is 48.3 Å². The number of nitrogens with zero attached hydrogens (tertiary/aromatic N) is 1. The van der Waals surface area contributed by atoms with E-state index < -0.39 is 6.10 Å². The van der Waals surface area contributed by atoms with Crippen LogP contribution >= 0.6 is 0 Å². The Morgan fingerprint density at radius 3 is 2.56 bits per heavy atom. The lowest BCUT2D eigenvalue weighted by Gasteiger charge is -2.32. The van der Waals surface area contributed by atoms with Gasteiger partial charge in [-0.2, -0.15) is 0 Å². The van der Waals surface area contributed by atoms with Gasteiger partial charge in [0.05, 0.1) is 6.04 Å². The SMILES string of the molecule is C=CC(=O)N1CCC(C(=O)NC(C)C(OC)c2ccccc2F)CC1. The van der Waals surface area contributed by atoms with Crippen LogP contribution in [0.1, 0.15) is 31.4 Å². The lowest BCUT2D eigenvalue weighted by atomic mass is 9.94. The van der Waals surface area contributed by atoms with Crippen molar-refractivity contribution in [2.45, 2.75) is 31.9 Å². The van der Waals surface area contributed by atoms with Crippen molar-refractivity contribution in [3.63, 3.8) is 0 Å². The Morgan fingerprint density at radius 1 is 1.36 bits per heavy atom. The number of ether oxygens (including phenoxy) is 1. The Balaban J connectivity index is 1.94. The van der Waals surface area contributed by atoms with E-state index in [4.69, 9.17) is 4.74 Å². The van der Waals surface area contributed by atoms with Gasteiger partial charge >= 0.3 is 0 Å². The Bertz CT molecular complexity index is 627. The standard InChI is InChI=1S/C19H25FN2O3/c1-4-17(23)22-11-9-14(10-12-22)19(24)21-13(2)18(25-3)15-7-5-6-8-16(15)20/h4-8,13-14,18H,1,9-12H2,2-3H3,(H,21,24). The molecule has 2 unspecified atom stereocenters. The summed E-state index contributed by atoms with van der Waals surface area (Å²) in [6.45, 7) is 6.36. The van der Waals surface area contributed by atoms with Crippen LogP contribution < -0.4 is 5.32 Å². The third-order valence-electron chi connectivity index (χ3n) is 4.64. The fraction of sp³-hybridized carbons (Fsp3) is 0.474. The molecule has 1 aliphatic heterocycles. The predicted molar refractivity (Wildman–Crippen MR) is 93.3 cm³/mol. The second kappa shape index (κ2) is 8.76. The van der Waals surface area contributed by atoms with E-state index in [1.807, 2.05) is 0 Å². The molecule has 0 aliphatic carbocycles. The number of likely N-dealkylation sites (tertiary alicyclic amines) is 1. The molecule has 2 rings (SSSR count). The number of methoxy groups -OCH3 is 1. The molecular formula is C19H25FN2O3. The van der Waals surface area contributed by atoms with E-state index in [9.17, 15) is 14.0 Å². The molecule has 2 amide bonds. The van der Waals surface area contributed by atoms with Crippen molar-refractivity contribution in [3.8, 4) is 0 Å². The molecule has 0 radical (unpaired) electrons. The highest BCUT2D eigenvalue weighted by Gasteiger charge is 2.29. The van der Waals surface area contributed by atoms with E-state index in [1.165, 1.54) is 19.3 Å². The third kappa shape index (κ3) is 4.66. The molecule has 0 spiro atoms. The van der Waals surface area contributed by atoms with Crippen LogP contribution in [0.3, 0.4) is 0 Å². The first-order valence-corrected chi connectivity index (χ1v) is 8.46. The van der Waals surface area contributed by atoms with Gasteiger partial charge in [-0.15, -0.1) is 0 Å². The number of carbonyl (C=O) groups is 2. The Kier molecular flexibility index (Phi) is 6.70. The van der Waals surface area contributed by atoms with Gasteiger partial charge < -0.3 is 15.0 Å². The molecule has 5 nitrogen and oxygen atoms in total. The van der Waals surface area contributed by atoms with Gasteiger partial charge in [0.2, 0.25) is 11.8 Å². The monoisotopic (exact) mass is 348 g/mol. The maximum atomic E-state index is 14.0. The number of amides is 2. The van der Waals surface area contributed by atoms with Crippen LogP contribution in [0, 0.1) is 11.7 Å². The normalized spacial score (nSPS) is 17.6. The third-order valence-corrected chi connectivity index (χ3v) is 4.64. The minimum Gasteiger partial charge on any atom is -0.375 e. The molecule has 0 bridgehead atoms. The van der Waals surface area contributed by atoms with E-state index in [-0.39, 0.29) is 29.6 Å². The summed E-state index contributed by atoms with van der Waals surface area (Å²) in [5, 5.41) is 2.93. The first kappa shape index (κ1) is 19.1. The first-order valence-electron chi connectivity index (χ1n) is 8.46. The molecule has 1 saturated heterocycles. The molecule has 1 fully saturated rings. The summed E-state index contributed by atoms with van der Waals surface area (Å²) in [5.74, 6) is -0.705. The maximum absolute atomic E-state index is 14.0. The van der Waals surface area contributed by atoms with Crippen molar-refractivity contribution < 1.29 is 18.7 Å². The minimum absolute atomic E-state index is 0.0865. The number of halogens is 1. The predicted octanol–water partition coefficient (Wildman–Crippen LogP) is 2.44. The van der Waals surface area contributed by atoms with Crippen LogP contribution in [0.25, 0.3) is 0 Å². The van der Waals surface area contributed by atoms with Crippen LogP contribution in [-0.2, 0) is 14.3 Å². The minimum atomic E-state index is -0.562. The molecular weight excluding hydrogens is 323 g/mol. The van der Waals surface area contributed by atoms with Gasteiger partial charge in [-0.1, -0.05) is 24.8 Å². The number of piperidine rings is 1. The van der Waals surface area contributed by atoms with E-state index >= 15 is 0 Å². The highest BCUT2D eigenvalue weighted by atomic mass is 19.1. The lowest BCUT2D eigenvalue weighted by molar-refractivity contribution is -0.133. The van der Waals surface area contributed by atoms with Gasteiger partial charge in [0.1, 0.15) is 11.9 Å². The summed E-state index contributed by atoms with van der Waals surface area (Å²) in [6, 6.07) is 6.02. The second-order valence-electron chi connectivity index (χ2n) is 6.28. The number of rotatable bonds is 6.